The van der Waals surface area contributed by atoms with Crippen molar-refractivity contribution in [3.8, 4) is 0 Å². The van der Waals surface area contributed by atoms with Crippen LogP contribution in [0.2, 0.25) is 0 Å². The standard InChI is InChI=1S/C22H22N2O4S/c1-17-5-2-3-6-19(17)15-23-22(25)13-10-18-8-11-21(12-9-18)29(26,27)24-16-20-7-4-14-28-20/h2-14,24H,15-16H2,1H3,(H,23,25)/b13-10+. The molecule has 0 radical (unpaired) electrons. The number of nitrogens with one attached hydrogen (secondary N) is 2. The summed E-state index contributed by atoms with van der Waals surface area (Å²) in [5.74, 6) is 0.315. The Bertz CT molecular complexity index is 1090. The number of benzene rings is 2. The van der Waals surface area contributed by atoms with Crippen LogP contribution in [0.15, 0.2) is 82.3 Å². The van der Waals surface area contributed by atoms with Gasteiger partial charge in [0.25, 0.3) is 0 Å². The Balaban J connectivity index is 1.55. The predicted molar refractivity (Wildman–Crippen MR) is 111 cm³/mol. The van der Waals surface area contributed by atoms with Gasteiger partial charge in [-0.2, -0.15) is 0 Å². The lowest BCUT2D eigenvalue weighted by molar-refractivity contribution is -0.116. The molecule has 6 nitrogen and oxygen atoms in total. The summed E-state index contributed by atoms with van der Waals surface area (Å²) in [6.07, 6.45) is 4.55. The summed E-state index contributed by atoms with van der Waals surface area (Å²) in [6, 6.07) is 17.5. The summed E-state index contributed by atoms with van der Waals surface area (Å²) in [4.78, 5) is 12.2. The number of rotatable bonds is 8. The molecule has 3 aromatic rings. The summed E-state index contributed by atoms with van der Waals surface area (Å²) in [7, 11) is -3.64. The van der Waals surface area contributed by atoms with Gasteiger partial charge in [-0.25, -0.2) is 13.1 Å². The number of aryl methyl sites for hydroxylation is 1. The van der Waals surface area contributed by atoms with E-state index in [0.29, 0.717) is 12.3 Å². The number of sulfonamides is 1. The molecule has 7 heteroatoms. The number of hydrogen-bond donors (Lipinski definition) is 2. The van der Waals surface area contributed by atoms with E-state index < -0.39 is 10.0 Å². The first-order valence-electron chi connectivity index (χ1n) is 9.06. The minimum Gasteiger partial charge on any atom is -0.468 e. The van der Waals surface area contributed by atoms with Gasteiger partial charge in [0.2, 0.25) is 15.9 Å². The van der Waals surface area contributed by atoms with Gasteiger partial charge in [-0.3, -0.25) is 4.79 Å². The van der Waals surface area contributed by atoms with Gasteiger partial charge in [-0.15, -0.1) is 0 Å². The van der Waals surface area contributed by atoms with Gasteiger partial charge in [0, 0.05) is 12.6 Å². The van der Waals surface area contributed by atoms with E-state index in [0.717, 1.165) is 16.7 Å². The third-order valence-electron chi connectivity index (χ3n) is 4.35. The second-order valence-electron chi connectivity index (χ2n) is 6.45. The molecular weight excluding hydrogens is 388 g/mol. The Hall–Kier alpha value is -3.16. The highest BCUT2D eigenvalue weighted by atomic mass is 32.2. The molecule has 1 heterocycles. The lowest BCUT2D eigenvalue weighted by Gasteiger charge is -2.06. The molecule has 0 saturated heterocycles. The second kappa shape index (κ2) is 9.36. The van der Waals surface area contributed by atoms with Crippen LogP contribution in [0, 0.1) is 6.92 Å². The Morgan fingerprint density at radius 3 is 2.45 bits per heavy atom. The lowest BCUT2D eigenvalue weighted by Crippen LogP contribution is -2.22. The largest absolute Gasteiger partial charge is 0.468 e. The average molecular weight is 410 g/mol. The molecule has 0 unspecified atom stereocenters. The van der Waals surface area contributed by atoms with Crippen molar-refractivity contribution in [2.45, 2.75) is 24.9 Å². The van der Waals surface area contributed by atoms with E-state index >= 15 is 0 Å². The van der Waals surface area contributed by atoms with Crippen molar-refractivity contribution < 1.29 is 17.6 Å². The minimum absolute atomic E-state index is 0.0814. The molecule has 0 bridgehead atoms. The minimum atomic E-state index is -3.64. The van der Waals surface area contributed by atoms with Gasteiger partial charge >= 0.3 is 0 Å². The van der Waals surface area contributed by atoms with Crippen molar-refractivity contribution >= 4 is 22.0 Å². The number of amides is 1. The predicted octanol–water partition coefficient (Wildman–Crippen LogP) is 3.40. The zero-order valence-corrected chi connectivity index (χ0v) is 16.8. The molecule has 3 rings (SSSR count). The smallest absolute Gasteiger partial charge is 0.244 e. The summed E-state index contributed by atoms with van der Waals surface area (Å²) >= 11 is 0. The van der Waals surface area contributed by atoms with Crippen molar-refractivity contribution in [2.75, 3.05) is 0 Å². The van der Waals surface area contributed by atoms with Crippen LogP contribution >= 0.6 is 0 Å². The first-order chi connectivity index (χ1) is 13.9. The van der Waals surface area contributed by atoms with Crippen molar-refractivity contribution in [1.82, 2.24) is 10.0 Å². The highest BCUT2D eigenvalue weighted by Crippen LogP contribution is 2.13. The molecule has 2 N–H and O–H groups in total. The van der Waals surface area contributed by atoms with Gasteiger partial charge in [0.1, 0.15) is 5.76 Å². The monoisotopic (exact) mass is 410 g/mol. The molecule has 150 valence electrons. The van der Waals surface area contributed by atoms with Crippen LogP contribution in [0.25, 0.3) is 6.08 Å². The van der Waals surface area contributed by atoms with Crippen LogP contribution in [-0.4, -0.2) is 14.3 Å². The topological polar surface area (TPSA) is 88.4 Å². The zero-order chi connectivity index (χ0) is 20.7. The van der Waals surface area contributed by atoms with Crippen LogP contribution < -0.4 is 10.0 Å². The van der Waals surface area contributed by atoms with Crippen LogP contribution in [-0.2, 0) is 27.9 Å². The van der Waals surface area contributed by atoms with E-state index in [1.54, 1.807) is 30.3 Å². The van der Waals surface area contributed by atoms with Gasteiger partial charge in [-0.05, 0) is 54.0 Å². The van der Waals surface area contributed by atoms with Crippen molar-refractivity contribution in [1.29, 1.82) is 0 Å². The van der Waals surface area contributed by atoms with Crippen molar-refractivity contribution in [3.05, 3.63) is 95.5 Å². The SMILES string of the molecule is Cc1ccccc1CNC(=O)/C=C/c1ccc(S(=O)(=O)NCc2ccco2)cc1. The molecule has 29 heavy (non-hydrogen) atoms. The maximum absolute atomic E-state index is 12.3. The molecule has 1 amide bonds. The molecule has 0 aliphatic rings. The van der Waals surface area contributed by atoms with Gasteiger partial charge in [0.15, 0.2) is 0 Å². The molecule has 0 saturated carbocycles. The quantitative estimate of drug-likeness (QED) is 0.557. The molecule has 0 atom stereocenters. The lowest BCUT2D eigenvalue weighted by atomic mass is 10.1. The Morgan fingerprint density at radius 1 is 1.00 bits per heavy atom. The molecule has 2 aromatic carbocycles. The summed E-state index contributed by atoms with van der Waals surface area (Å²) in [6.45, 7) is 2.53. The fourth-order valence-corrected chi connectivity index (χ4v) is 3.64. The maximum Gasteiger partial charge on any atom is 0.244 e. The van der Waals surface area contributed by atoms with Gasteiger partial charge in [0.05, 0.1) is 17.7 Å². The van der Waals surface area contributed by atoms with E-state index in [1.807, 2.05) is 31.2 Å². The van der Waals surface area contributed by atoms with Gasteiger partial charge in [-0.1, -0.05) is 36.4 Å². The fourth-order valence-electron chi connectivity index (χ4n) is 2.64. The molecule has 1 aromatic heterocycles. The highest BCUT2D eigenvalue weighted by Gasteiger charge is 2.13. The van der Waals surface area contributed by atoms with E-state index in [9.17, 15) is 13.2 Å². The molecular formula is C22H22N2O4S. The summed E-state index contributed by atoms with van der Waals surface area (Å²) < 4.78 is 32.2. The van der Waals surface area contributed by atoms with Crippen LogP contribution in [0.5, 0.6) is 0 Å². The highest BCUT2D eigenvalue weighted by molar-refractivity contribution is 7.89. The van der Waals surface area contributed by atoms with Crippen LogP contribution in [0.4, 0.5) is 0 Å². The normalized spacial score (nSPS) is 11.6. The van der Waals surface area contributed by atoms with E-state index in [-0.39, 0.29) is 17.3 Å². The van der Waals surface area contributed by atoms with Crippen molar-refractivity contribution in [3.63, 3.8) is 0 Å². The van der Waals surface area contributed by atoms with Gasteiger partial charge < -0.3 is 9.73 Å². The van der Waals surface area contributed by atoms with E-state index in [1.165, 1.54) is 24.5 Å². The average Bonchev–Trinajstić information content (AvgIpc) is 3.24. The van der Waals surface area contributed by atoms with Crippen molar-refractivity contribution in [2.24, 2.45) is 0 Å². The number of carbonyl (C=O) groups is 1. The molecule has 0 spiro atoms. The first kappa shape index (κ1) is 20.6. The third kappa shape index (κ3) is 5.91. The number of carbonyl (C=O) groups excluding carboxylic acids is 1. The molecule has 0 aliphatic heterocycles. The molecule has 0 aliphatic carbocycles. The fraction of sp³-hybridized carbons (Fsp3) is 0.136. The maximum atomic E-state index is 12.3. The first-order valence-corrected chi connectivity index (χ1v) is 10.5. The van der Waals surface area contributed by atoms with E-state index in [4.69, 9.17) is 4.42 Å². The summed E-state index contributed by atoms with van der Waals surface area (Å²) in [5.41, 5.74) is 2.90. The molecule has 0 fully saturated rings. The number of hydrogen-bond acceptors (Lipinski definition) is 4. The Morgan fingerprint density at radius 2 is 1.76 bits per heavy atom. The third-order valence-corrected chi connectivity index (χ3v) is 5.77. The zero-order valence-electron chi connectivity index (χ0n) is 16.0. The number of furan rings is 1. The second-order valence-corrected chi connectivity index (χ2v) is 8.22. The summed E-state index contributed by atoms with van der Waals surface area (Å²) in [5, 5.41) is 2.84. The van der Waals surface area contributed by atoms with E-state index in [2.05, 4.69) is 10.0 Å². The Kier molecular flexibility index (Phi) is 6.64. The Labute approximate surface area is 170 Å². The van der Waals surface area contributed by atoms with Crippen LogP contribution in [0.1, 0.15) is 22.5 Å². The van der Waals surface area contributed by atoms with Crippen LogP contribution in [0.3, 0.4) is 0 Å².